The molecule has 2 aromatic rings. The Morgan fingerprint density at radius 2 is 1.96 bits per heavy atom. The number of aromatic nitrogens is 2. The number of para-hydroxylation sites is 1. The third kappa shape index (κ3) is 9.65. The molecular formula is C19H30IN5O. The molecule has 0 unspecified atom stereocenters. The predicted octanol–water partition coefficient (Wildman–Crippen LogP) is 3.31. The van der Waals surface area contributed by atoms with Gasteiger partial charge in [0.2, 0.25) is 0 Å². The number of ether oxygens (including phenoxy) is 1. The Bertz CT molecular complexity index is 589. The topological polar surface area (TPSA) is 63.5 Å². The molecule has 0 atom stereocenters. The summed E-state index contributed by atoms with van der Waals surface area (Å²) in [7, 11) is 0. The van der Waals surface area contributed by atoms with Gasteiger partial charge >= 0.3 is 0 Å². The monoisotopic (exact) mass is 471 g/mol. The second-order valence-electron chi connectivity index (χ2n) is 5.68. The van der Waals surface area contributed by atoms with Crippen molar-refractivity contribution >= 4 is 29.9 Å². The van der Waals surface area contributed by atoms with Crippen LogP contribution in [0.5, 0.6) is 5.75 Å². The van der Waals surface area contributed by atoms with Crippen LogP contribution in [0.15, 0.2) is 53.8 Å². The van der Waals surface area contributed by atoms with E-state index >= 15 is 0 Å². The number of nitrogens with zero attached hydrogens (tertiary/aromatic N) is 3. The maximum absolute atomic E-state index is 5.69. The van der Waals surface area contributed by atoms with Crippen LogP contribution in [0.2, 0.25) is 0 Å². The van der Waals surface area contributed by atoms with Gasteiger partial charge in [0.15, 0.2) is 5.96 Å². The minimum atomic E-state index is 0. The Labute approximate surface area is 173 Å². The molecule has 0 aliphatic heterocycles. The van der Waals surface area contributed by atoms with Crippen LogP contribution in [0, 0.1) is 0 Å². The molecule has 2 N–H and O–H groups in total. The highest BCUT2D eigenvalue weighted by Crippen LogP contribution is 2.08. The summed E-state index contributed by atoms with van der Waals surface area (Å²) in [6.45, 7) is 6.25. The number of nitrogens with one attached hydrogen (secondary N) is 2. The fourth-order valence-corrected chi connectivity index (χ4v) is 2.34. The summed E-state index contributed by atoms with van der Waals surface area (Å²) in [5.74, 6) is 1.81. The van der Waals surface area contributed by atoms with Crippen LogP contribution in [0.4, 0.5) is 0 Å². The van der Waals surface area contributed by atoms with Gasteiger partial charge in [0.1, 0.15) is 5.75 Å². The van der Waals surface area contributed by atoms with E-state index in [1.807, 2.05) is 47.3 Å². The van der Waals surface area contributed by atoms with E-state index in [4.69, 9.17) is 4.74 Å². The van der Waals surface area contributed by atoms with Gasteiger partial charge in [-0.3, -0.25) is 9.67 Å². The Kier molecular flexibility index (Phi) is 12.3. The SMILES string of the molecule is CCNC(=NCCCn1cccn1)NCCCCOc1ccccc1.I. The number of aliphatic imine (C=N–C) groups is 1. The van der Waals surface area contributed by atoms with E-state index in [-0.39, 0.29) is 24.0 Å². The molecule has 0 amide bonds. The van der Waals surface area contributed by atoms with Gasteiger partial charge in [-0.05, 0) is 44.4 Å². The van der Waals surface area contributed by atoms with Crippen molar-refractivity contribution in [2.45, 2.75) is 32.7 Å². The van der Waals surface area contributed by atoms with E-state index in [0.29, 0.717) is 0 Å². The van der Waals surface area contributed by atoms with Crippen molar-refractivity contribution in [3.8, 4) is 5.75 Å². The van der Waals surface area contributed by atoms with E-state index in [9.17, 15) is 0 Å². The molecule has 0 fully saturated rings. The number of rotatable bonds is 11. The van der Waals surface area contributed by atoms with Gasteiger partial charge < -0.3 is 15.4 Å². The highest BCUT2D eigenvalue weighted by molar-refractivity contribution is 14.0. The smallest absolute Gasteiger partial charge is 0.191 e. The standard InChI is InChI=1S/C19H29N5O.HI/c1-2-20-19(22-13-8-15-24-16-9-14-23-24)21-12-6-7-17-25-18-10-4-3-5-11-18;/h3-5,9-11,14,16H,2,6-8,12-13,15,17H2,1H3,(H2,20,21,22);1H. The van der Waals surface area contributed by atoms with E-state index in [2.05, 4.69) is 27.6 Å². The van der Waals surface area contributed by atoms with Gasteiger partial charge in [-0.15, -0.1) is 24.0 Å². The van der Waals surface area contributed by atoms with Crippen molar-refractivity contribution in [2.75, 3.05) is 26.2 Å². The maximum atomic E-state index is 5.69. The van der Waals surface area contributed by atoms with Gasteiger partial charge in [0, 0.05) is 38.6 Å². The summed E-state index contributed by atoms with van der Waals surface area (Å²) in [4.78, 5) is 4.60. The molecule has 0 spiro atoms. The fraction of sp³-hybridized carbons (Fsp3) is 0.474. The number of hydrogen-bond donors (Lipinski definition) is 2. The normalized spacial score (nSPS) is 10.9. The first kappa shape index (κ1) is 22.3. The van der Waals surface area contributed by atoms with Gasteiger partial charge in [-0.1, -0.05) is 18.2 Å². The third-order valence-corrected chi connectivity index (χ3v) is 3.59. The number of hydrogen-bond acceptors (Lipinski definition) is 3. The minimum Gasteiger partial charge on any atom is -0.494 e. The number of aryl methyl sites for hydroxylation is 1. The number of unbranched alkanes of at least 4 members (excludes halogenated alkanes) is 1. The molecule has 1 heterocycles. The summed E-state index contributed by atoms with van der Waals surface area (Å²) >= 11 is 0. The molecule has 0 aliphatic carbocycles. The first-order valence-corrected chi connectivity index (χ1v) is 9.06. The Hall–Kier alpha value is -1.77. The first-order chi connectivity index (χ1) is 12.4. The van der Waals surface area contributed by atoms with Gasteiger partial charge in [-0.2, -0.15) is 5.10 Å². The fourth-order valence-electron chi connectivity index (χ4n) is 2.34. The summed E-state index contributed by atoms with van der Waals surface area (Å²) in [5, 5.41) is 10.8. The molecule has 0 bridgehead atoms. The lowest BCUT2D eigenvalue weighted by Crippen LogP contribution is -2.38. The molecule has 0 aliphatic rings. The van der Waals surface area contributed by atoms with E-state index in [1.165, 1.54) is 0 Å². The zero-order valence-corrected chi connectivity index (χ0v) is 17.8. The molecule has 6 nitrogen and oxygen atoms in total. The summed E-state index contributed by atoms with van der Waals surface area (Å²) in [6.07, 6.45) is 6.81. The van der Waals surface area contributed by atoms with Gasteiger partial charge in [0.05, 0.1) is 6.61 Å². The molecule has 1 aromatic heterocycles. The lowest BCUT2D eigenvalue weighted by Gasteiger charge is -2.11. The Morgan fingerprint density at radius 1 is 1.12 bits per heavy atom. The molecule has 0 radical (unpaired) electrons. The number of benzene rings is 1. The molecule has 2 rings (SSSR count). The third-order valence-electron chi connectivity index (χ3n) is 3.59. The molecule has 1 aromatic carbocycles. The van der Waals surface area contributed by atoms with Crippen LogP contribution < -0.4 is 15.4 Å². The lowest BCUT2D eigenvalue weighted by molar-refractivity contribution is 0.307. The van der Waals surface area contributed by atoms with Crippen molar-refractivity contribution in [2.24, 2.45) is 4.99 Å². The van der Waals surface area contributed by atoms with E-state index < -0.39 is 0 Å². The van der Waals surface area contributed by atoms with Crippen LogP contribution in [0.1, 0.15) is 26.2 Å². The minimum absolute atomic E-state index is 0. The van der Waals surface area contributed by atoms with E-state index in [1.54, 1.807) is 6.20 Å². The van der Waals surface area contributed by atoms with Gasteiger partial charge in [0.25, 0.3) is 0 Å². The summed E-state index contributed by atoms with van der Waals surface area (Å²) in [5.41, 5.74) is 0. The maximum Gasteiger partial charge on any atom is 0.191 e. The number of halogens is 1. The predicted molar refractivity (Wildman–Crippen MR) is 117 cm³/mol. The number of guanidine groups is 1. The second-order valence-corrected chi connectivity index (χ2v) is 5.68. The quantitative estimate of drug-likeness (QED) is 0.229. The summed E-state index contributed by atoms with van der Waals surface area (Å²) in [6, 6.07) is 11.9. The molecule has 0 saturated carbocycles. The Balaban J connectivity index is 0.00000338. The van der Waals surface area contributed by atoms with Crippen LogP contribution in [0.25, 0.3) is 0 Å². The largest absolute Gasteiger partial charge is 0.494 e. The molecule has 0 saturated heterocycles. The second kappa shape index (κ2) is 14.4. The molecule has 26 heavy (non-hydrogen) atoms. The zero-order valence-electron chi connectivity index (χ0n) is 15.4. The molecule has 144 valence electrons. The van der Waals surface area contributed by atoms with Crippen LogP contribution in [0.3, 0.4) is 0 Å². The van der Waals surface area contributed by atoms with Crippen molar-refractivity contribution in [3.05, 3.63) is 48.8 Å². The van der Waals surface area contributed by atoms with Crippen LogP contribution >= 0.6 is 24.0 Å². The highest BCUT2D eigenvalue weighted by atomic mass is 127. The van der Waals surface area contributed by atoms with Gasteiger partial charge in [-0.25, -0.2) is 0 Å². The molecule has 7 heteroatoms. The average molecular weight is 471 g/mol. The van der Waals surface area contributed by atoms with Crippen molar-refractivity contribution in [3.63, 3.8) is 0 Å². The summed E-state index contributed by atoms with van der Waals surface area (Å²) < 4.78 is 7.63. The van der Waals surface area contributed by atoms with Crippen molar-refractivity contribution in [1.82, 2.24) is 20.4 Å². The van der Waals surface area contributed by atoms with Crippen LogP contribution in [-0.4, -0.2) is 42.0 Å². The zero-order chi connectivity index (χ0) is 17.6. The van der Waals surface area contributed by atoms with Crippen LogP contribution in [-0.2, 0) is 6.54 Å². The Morgan fingerprint density at radius 3 is 2.69 bits per heavy atom. The average Bonchev–Trinajstić information content (AvgIpc) is 3.16. The van der Waals surface area contributed by atoms with Crippen molar-refractivity contribution in [1.29, 1.82) is 0 Å². The lowest BCUT2D eigenvalue weighted by atomic mass is 10.3. The molecular weight excluding hydrogens is 441 g/mol. The van der Waals surface area contributed by atoms with Crippen molar-refractivity contribution < 1.29 is 4.74 Å². The first-order valence-electron chi connectivity index (χ1n) is 9.06. The highest BCUT2D eigenvalue weighted by Gasteiger charge is 1.98. The van der Waals surface area contributed by atoms with E-state index in [0.717, 1.165) is 63.8 Å².